The van der Waals surface area contributed by atoms with Gasteiger partial charge in [0, 0.05) is 0 Å². The third-order valence-electron chi connectivity index (χ3n) is 1.50. The molecule has 1 heterocycles. The molecule has 3 heteroatoms. The summed E-state index contributed by atoms with van der Waals surface area (Å²) < 4.78 is 5.67. The molecule has 0 atom stereocenters. The van der Waals surface area contributed by atoms with E-state index in [9.17, 15) is 0 Å². The van der Waals surface area contributed by atoms with Crippen molar-refractivity contribution in [1.82, 2.24) is 0 Å². The molecule has 2 radical (unpaired) electrons. The SMILES string of the molecule is NC1=[N][Sn][c]2ccccc21. The normalized spacial score (nSPS) is 14.6. The van der Waals surface area contributed by atoms with Gasteiger partial charge in [0.1, 0.15) is 0 Å². The van der Waals surface area contributed by atoms with E-state index in [-0.39, 0.29) is 0 Å². The summed E-state index contributed by atoms with van der Waals surface area (Å²) in [5.41, 5.74) is 6.81. The second-order valence-corrected chi connectivity index (χ2v) is 4.97. The Balaban J connectivity index is 2.61. The first-order valence-corrected chi connectivity index (χ1v) is 5.77. The standard InChI is InChI=1S/C7H6N2.Sn/c8-7(9)6-4-2-1-3-5-6;/h1-4H,(H2-,8,9);/q-1;+1. The first-order chi connectivity index (χ1) is 4.88. The third-order valence-corrected chi connectivity index (χ3v) is 4.44. The van der Waals surface area contributed by atoms with Gasteiger partial charge < -0.3 is 0 Å². The van der Waals surface area contributed by atoms with E-state index in [1.165, 1.54) is 9.14 Å². The molecule has 1 aliphatic rings. The topological polar surface area (TPSA) is 38.4 Å². The molecule has 0 aliphatic carbocycles. The van der Waals surface area contributed by atoms with Gasteiger partial charge in [0.25, 0.3) is 0 Å². The number of nitrogens with two attached hydrogens (primary N) is 1. The van der Waals surface area contributed by atoms with Gasteiger partial charge in [-0.25, -0.2) is 0 Å². The number of hydrogen-bond acceptors (Lipinski definition) is 2. The quantitative estimate of drug-likeness (QED) is 0.615. The maximum absolute atomic E-state index is 5.64. The van der Waals surface area contributed by atoms with Crippen LogP contribution in [0.2, 0.25) is 0 Å². The van der Waals surface area contributed by atoms with Crippen LogP contribution in [0, 0.1) is 0 Å². The fraction of sp³-hybridized carbons (Fsp3) is 0. The predicted molar refractivity (Wildman–Crippen MR) is 42.6 cm³/mol. The Hall–Kier alpha value is -0.511. The van der Waals surface area contributed by atoms with Gasteiger partial charge in [-0.1, -0.05) is 0 Å². The Bertz CT molecular complexity index is 293. The molecule has 0 unspecified atom stereocenters. The number of benzene rings is 1. The van der Waals surface area contributed by atoms with Gasteiger partial charge in [0.2, 0.25) is 0 Å². The van der Waals surface area contributed by atoms with Crippen LogP contribution >= 0.6 is 0 Å². The van der Waals surface area contributed by atoms with Crippen LogP contribution in [0.5, 0.6) is 0 Å². The molecule has 0 fully saturated rings. The van der Waals surface area contributed by atoms with Crippen molar-refractivity contribution in [3.8, 4) is 0 Å². The van der Waals surface area contributed by atoms with Crippen molar-refractivity contribution < 1.29 is 0 Å². The van der Waals surface area contributed by atoms with Gasteiger partial charge in [-0.2, -0.15) is 0 Å². The minimum atomic E-state index is -0.649. The van der Waals surface area contributed by atoms with Gasteiger partial charge >= 0.3 is 69.6 Å². The number of amidine groups is 1. The monoisotopic (exact) mass is 238 g/mol. The second kappa shape index (κ2) is 2.27. The fourth-order valence-corrected chi connectivity index (χ4v) is 3.45. The van der Waals surface area contributed by atoms with Crippen LogP contribution in [0.4, 0.5) is 0 Å². The Kier molecular flexibility index (Phi) is 1.41. The Morgan fingerprint density at radius 3 is 2.90 bits per heavy atom. The number of fused-ring (bicyclic) bond motifs is 1. The van der Waals surface area contributed by atoms with Crippen LogP contribution in [0.1, 0.15) is 5.56 Å². The summed E-state index contributed by atoms with van der Waals surface area (Å²) in [6.07, 6.45) is 0. The van der Waals surface area contributed by atoms with Gasteiger partial charge in [-0.05, 0) is 0 Å². The van der Waals surface area contributed by atoms with Crippen molar-refractivity contribution in [3.63, 3.8) is 0 Å². The van der Waals surface area contributed by atoms with E-state index in [1.54, 1.807) is 0 Å². The van der Waals surface area contributed by atoms with Gasteiger partial charge in [-0.3, -0.25) is 0 Å². The molecule has 0 saturated heterocycles. The van der Waals surface area contributed by atoms with E-state index in [2.05, 4.69) is 9.28 Å². The summed E-state index contributed by atoms with van der Waals surface area (Å²) in [7, 11) is 0. The molecule has 0 amide bonds. The fourth-order valence-electron chi connectivity index (χ4n) is 0.985. The third kappa shape index (κ3) is 0.830. The molecule has 1 aromatic carbocycles. The zero-order valence-corrected chi connectivity index (χ0v) is 8.19. The Morgan fingerprint density at radius 1 is 1.30 bits per heavy atom. The van der Waals surface area contributed by atoms with Crippen molar-refractivity contribution in [2.75, 3.05) is 0 Å². The van der Waals surface area contributed by atoms with E-state index < -0.39 is 21.4 Å². The van der Waals surface area contributed by atoms with E-state index in [0.717, 1.165) is 5.84 Å². The van der Waals surface area contributed by atoms with Crippen molar-refractivity contribution in [2.45, 2.75) is 0 Å². The van der Waals surface area contributed by atoms with Crippen LogP contribution < -0.4 is 9.31 Å². The predicted octanol–water partition coefficient (Wildman–Crippen LogP) is -0.350. The summed E-state index contributed by atoms with van der Waals surface area (Å²) in [5, 5.41) is 0. The molecule has 0 saturated carbocycles. The molecule has 2 N–H and O–H groups in total. The van der Waals surface area contributed by atoms with E-state index in [0.29, 0.717) is 0 Å². The van der Waals surface area contributed by atoms with Crippen LogP contribution in [0.15, 0.2) is 27.5 Å². The van der Waals surface area contributed by atoms with Crippen LogP contribution in [-0.4, -0.2) is 27.3 Å². The maximum atomic E-state index is 5.64. The molecule has 2 rings (SSSR count). The van der Waals surface area contributed by atoms with Crippen LogP contribution in [-0.2, 0) is 0 Å². The first-order valence-electron chi connectivity index (χ1n) is 3.06. The zero-order valence-electron chi connectivity index (χ0n) is 5.33. The first kappa shape index (κ1) is 6.22. The second-order valence-electron chi connectivity index (χ2n) is 2.15. The molecule has 48 valence electrons. The summed E-state index contributed by atoms with van der Waals surface area (Å²) >= 11 is -0.649. The molecule has 10 heavy (non-hydrogen) atoms. The Labute approximate surface area is 69.7 Å². The number of rotatable bonds is 0. The summed E-state index contributed by atoms with van der Waals surface area (Å²) in [5.74, 6) is 0.752. The van der Waals surface area contributed by atoms with Gasteiger partial charge in [0.05, 0.1) is 0 Å². The van der Waals surface area contributed by atoms with Gasteiger partial charge in [0.15, 0.2) is 0 Å². The molecule has 1 aliphatic heterocycles. The molecule has 0 spiro atoms. The van der Waals surface area contributed by atoms with Crippen LogP contribution in [0.3, 0.4) is 0 Å². The average molecular weight is 237 g/mol. The number of nitrogens with zero attached hydrogens (tertiary/aromatic N) is 1. The molecular formula is C7H6N2Sn. The zero-order chi connectivity index (χ0) is 6.97. The molecule has 2 nitrogen and oxygen atoms in total. The molecule has 0 aromatic heterocycles. The Morgan fingerprint density at radius 2 is 2.10 bits per heavy atom. The van der Waals surface area contributed by atoms with E-state index in [1.807, 2.05) is 18.2 Å². The summed E-state index contributed by atoms with van der Waals surface area (Å²) in [6.45, 7) is 0. The average Bonchev–Trinajstić information content (AvgIpc) is 2.34. The molecular weight excluding hydrogens is 231 g/mol. The number of hydrogen-bond donors (Lipinski definition) is 1. The van der Waals surface area contributed by atoms with Crippen molar-refractivity contribution in [1.29, 1.82) is 0 Å². The minimum absolute atomic E-state index is 0.649. The van der Waals surface area contributed by atoms with E-state index in [4.69, 9.17) is 5.73 Å². The van der Waals surface area contributed by atoms with Crippen molar-refractivity contribution in [3.05, 3.63) is 29.8 Å². The van der Waals surface area contributed by atoms with Crippen LogP contribution in [0.25, 0.3) is 0 Å². The van der Waals surface area contributed by atoms with E-state index >= 15 is 0 Å². The van der Waals surface area contributed by atoms with Crippen molar-refractivity contribution >= 4 is 30.8 Å². The van der Waals surface area contributed by atoms with Crippen molar-refractivity contribution in [2.24, 2.45) is 8.95 Å². The van der Waals surface area contributed by atoms with Gasteiger partial charge in [-0.15, -0.1) is 0 Å². The molecule has 1 aromatic rings. The summed E-state index contributed by atoms with van der Waals surface area (Å²) in [4.78, 5) is 0. The summed E-state index contributed by atoms with van der Waals surface area (Å²) in [6, 6.07) is 8.23. The molecule has 0 bridgehead atoms.